The van der Waals surface area contributed by atoms with Gasteiger partial charge in [0.15, 0.2) is 23.1 Å². The molecule has 0 amide bonds. The number of aromatic nitrogens is 3. The van der Waals surface area contributed by atoms with E-state index in [-0.39, 0.29) is 5.78 Å². The van der Waals surface area contributed by atoms with Crippen molar-refractivity contribution < 1.29 is 19.0 Å². The Bertz CT molecular complexity index is 1330. The number of fused-ring (bicyclic) bond motifs is 1. The monoisotopic (exact) mass is 500 g/mol. The molecule has 1 atom stereocenters. The van der Waals surface area contributed by atoms with E-state index in [4.69, 9.17) is 47.5 Å². The molecular formula is C24H22Cl2N4O4. The highest BCUT2D eigenvalue weighted by Crippen LogP contribution is 2.46. The van der Waals surface area contributed by atoms with Crippen LogP contribution in [0.4, 0.5) is 5.95 Å². The summed E-state index contributed by atoms with van der Waals surface area (Å²) in [4.78, 5) is 17.9. The molecule has 2 heterocycles. The number of anilines is 1. The second-order valence-corrected chi connectivity index (χ2v) is 8.82. The molecule has 1 aliphatic heterocycles. The van der Waals surface area contributed by atoms with Crippen molar-refractivity contribution in [2.75, 3.05) is 26.6 Å². The highest BCUT2D eigenvalue weighted by molar-refractivity contribution is 6.36. The second-order valence-electron chi connectivity index (χ2n) is 7.97. The summed E-state index contributed by atoms with van der Waals surface area (Å²) >= 11 is 12.5. The lowest BCUT2D eigenvalue weighted by Gasteiger charge is -2.33. The number of rotatable bonds is 5. The van der Waals surface area contributed by atoms with Crippen molar-refractivity contribution in [2.24, 2.45) is 0 Å². The fourth-order valence-corrected chi connectivity index (χ4v) is 4.99. The summed E-state index contributed by atoms with van der Waals surface area (Å²) in [5.74, 6) is 2.57. The zero-order valence-electron chi connectivity index (χ0n) is 18.8. The van der Waals surface area contributed by atoms with Crippen molar-refractivity contribution >= 4 is 34.9 Å². The van der Waals surface area contributed by atoms with E-state index in [0.717, 1.165) is 18.5 Å². The van der Waals surface area contributed by atoms with E-state index in [1.807, 2.05) is 6.07 Å². The first-order chi connectivity index (χ1) is 16.4. The zero-order chi connectivity index (χ0) is 24.0. The average molecular weight is 501 g/mol. The summed E-state index contributed by atoms with van der Waals surface area (Å²) in [7, 11) is 4.70. The number of methoxy groups -OCH3 is 3. The van der Waals surface area contributed by atoms with Gasteiger partial charge in [0.05, 0.1) is 26.4 Å². The van der Waals surface area contributed by atoms with Crippen LogP contribution in [0.25, 0.3) is 11.4 Å². The van der Waals surface area contributed by atoms with Crippen molar-refractivity contribution in [1.82, 2.24) is 14.8 Å². The second kappa shape index (κ2) is 8.85. The Hall–Kier alpha value is -3.23. The third kappa shape index (κ3) is 3.67. The molecule has 5 rings (SSSR count). The predicted octanol–water partition coefficient (Wildman–Crippen LogP) is 5.30. The smallest absolute Gasteiger partial charge is 0.226 e. The van der Waals surface area contributed by atoms with Crippen LogP contribution in [0.1, 0.15) is 30.9 Å². The van der Waals surface area contributed by atoms with Gasteiger partial charge in [0.2, 0.25) is 5.95 Å². The molecule has 1 aromatic heterocycles. The fourth-order valence-electron chi connectivity index (χ4n) is 4.50. The van der Waals surface area contributed by atoms with Crippen LogP contribution in [-0.2, 0) is 4.79 Å². The number of ether oxygens (including phenoxy) is 3. The third-order valence-electron chi connectivity index (χ3n) is 6.07. The van der Waals surface area contributed by atoms with Crippen molar-refractivity contribution in [3.05, 3.63) is 57.2 Å². The zero-order valence-corrected chi connectivity index (χ0v) is 20.3. The molecule has 0 saturated carbocycles. The van der Waals surface area contributed by atoms with E-state index in [2.05, 4.69) is 5.32 Å². The van der Waals surface area contributed by atoms with Gasteiger partial charge in [-0.3, -0.25) is 4.79 Å². The largest absolute Gasteiger partial charge is 0.496 e. The molecule has 2 aromatic carbocycles. The lowest BCUT2D eigenvalue weighted by Crippen LogP contribution is -2.31. The first-order valence-electron chi connectivity index (χ1n) is 10.7. The molecule has 10 heteroatoms. The molecule has 1 aliphatic carbocycles. The number of benzene rings is 2. The Labute approximate surface area is 206 Å². The maximum atomic E-state index is 13.2. The number of carbonyl (C=O) groups excluding carboxylic acids is 1. The third-order valence-corrected chi connectivity index (χ3v) is 6.62. The summed E-state index contributed by atoms with van der Waals surface area (Å²) < 4.78 is 18.4. The maximum Gasteiger partial charge on any atom is 0.226 e. The molecule has 8 nitrogen and oxygen atoms in total. The van der Waals surface area contributed by atoms with Crippen LogP contribution in [0.5, 0.6) is 17.2 Å². The Morgan fingerprint density at radius 3 is 2.44 bits per heavy atom. The number of halogens is 2. The molecule has 2 aliphatic rings. The number of hydrogen-bond acceptors (Lipinski definition) is 7. The van der Waals surface area contributed by atoms with Gasteiger partial charge in [-0.05, 0) is 37.1 Å². The van der Waals surface area contributed by atoms with Crippen LogP contribution in [0, 0.1) is 0 Å². The molecular weight excluding hydrogens is 479 g/mol. The quantitative estimate of drug-likeness (QED) is 0.508. The van der Waals surface area contributed by atoms with Gasteiger partial charge in [0.25, 0.3) is 0 Å². The number of carbonyl (C=O) groups is 1. The fraction of sp³-hybridized carbons (Fsp3) is 0.292. The highest BCUT2D eigenvalue weighted by atomic mass is 35.5. The van der Waals surface area contributed by atoms with Gasteiger partial charge >= 0.3 is 0 Å². The van der Waals surface area contributed by atoms with Crippen LogP contribution < -0.4 is 19.5 Å². The first-order valence-corrected chi connectivity index (χ1v) is 11.5. The number of nitrogens with zero attached hydrogens (tertiary/aromatic N) is 3. The molecule has 0 spiro atoms. The molecule has 0 fully saturated rings. The summed E-state index contributed by atoms with van der Waals surface area (Å²) in [5.41, 5.74) is 2.83. The minimum absolute atomic E-state index is 0.0582. The Morgan fingerprint density at radius 2 is 1.74 bits per heavy atom. The normalized spacial score (nSPS) is 17.1. The van der Waals surface area contributed by atoms with Crippen LogP contribution in [-0.4, -0.2) is 41.9 Å². The van der Waals surface area contributed by atoms with Gasteiger partial charge in [-0.15, -0.1) is 5.10 Å². The van der Waals surface area contributed by atoms with Crippen LogP contribution >= 0.6 is 23.2 Å². The first kappa shape index (κ1) is 22.6. The van der Waals surface area contributed by atoms with Crippen molar-refractivity contribution in [3.8, 4) is 28.6 Å². The molecule has 3 aromatic rings. The standard InChI is InChI=1S/C24H22Cl2N4O4/c1-32-18-11-20(34-3)19(33-2)10-14(18)22-21-16(5-4-6-17(21)31)27-24-28-23(29-30(22)24)13-8-7-12(25)9-15(13)26/h7-11,22H,4-6H2,1-3H3,(H,27,28,29). The van der Waals surface area contributed by atoms with E-state index in [0.29, 0.717) is 62.2 Å². The van der Waals surface area contributed by atoms with Gasteiger partial charge in [-0.1, -0.05) is 23.2 Å². The van der Waals surface area contributed by atoms with Crippen LogP contribution in [0.15, 0.2) is 41.6 Å². The lowest BCUT2D eigenvalue weighted by atomic mass is 9.85. The van der Waals surface area contributed by atoms with E-state index < -0.39 is 6.04 Å². The molecule has 176 valence electrons. The van der Waals surface area contributed by atoms with Gasteiger partial charge in [-0.25, -0.2) is 4.68 Å². The van der Waals surface area contributed by atoms with Gasteiger partial charge in [0, 0.05) is 39.9 Å². The summed E-state index contributed by atoms with van der Waals surface area (Å²) in [5, 5.41) is 9.05. The number of allylic oxidation sites excluding steroid dienone is 2. The molecule has 1 unspecified atom stereocenters. The van der Waals surface area contributed by atoms with Crippen molar-refractivity contribution in [2.45, 2.75) is 25.3 Å². The summed E-state index contributed by atoms with van der Waals surface area (Å²) in [6.45, 7) is 0. The van der Waals surface area contributed by atoms with E-state index in [9.17, 15) is 4.79 Å². The van der Waals surface area contributed by atoms with E-state index in [1.54, 1.807) is 50.3 Å². The van der Waals surface area contributed by atoms with Crippen LogP contribution in [0.3, 0.4) is 0 Å². The number of hydrogen-bond donors (Lipinski definition) is 1. The minimum Gasteiger partial charge on any atom is -0.496 e. The minimum atomic E-state index is -0.568. The molecule has 34 heavy (non-hydrogen) atoms. The Balaban J connectivity index is 1.74. The number of nitrogens with one attached hydrogen (secondary N) is 1. The van der Waals surface area contributed by atoms with Gasteiger partial charge < -0.3 is 19.5 Å². The molecule has 1 N–H and O–H groups in total. The van der Waals surface area contributed by atoms with Crippen LogP contribution in [0.2, 0.25) is 10.0 Å². The summed E-state index contributed by atoms with van der Waals surface area (Å²) in [6, 6.07) is 8.15. The molecule has 0 bridgehead atoms. The lowest BCUT2D eigenvalue weighted by molar-refractivity contribution is -0.116. The Kier molecular flexibility index (Phi) is 5.87. The maximum absolute atomic E-state index is 13.2. The predicted molar refractivity (Wildman–Crippen MR) is 129 cm³/mol. The van der Waals surface area contributed by atoms with Gasteiger partial charge in [0.1, 0.15) is 11.8 Å². The van der Waals surface area contributed by atoms with E-state index >= 15 is 0 Å². The highest BCUT2D eigenvalue weighted by Gasteiger charge is 2.39. The average Bonchev–Trinajstić information content (AvgIpc) is 3.25. The Morgan fingerprint density at radius 1 is 1.00 bits per heavy atom. The SMILES string of the molecule is COc1cc(OC)c(C2C3=C(CCCC3=O)Nc3nc(-c4ccc(Cl)cc4Cl)nn32)cc1OC. The van der Waals surface area contributed by atoms with Crippen molar-refractivity contribution in [1.29, 1.82) is 0 Å². The number of Topliss-reactive ketones (excluding diaryl/α,β-unsaturated/α-hetero) is 1. The molecule has 0 radical (unpaired) electrons. The van der Waals surface area contributed by atoms with Crippen molar-refractivity contribution in [3.63, 3.8) is 0 Å². The van der Waals surface area contributed by atoms with Gasteiger partial charge in [-0.2, -0.15) is 4.98 Å². The molecule has 0 saturated heterocycles. The number of ketones is 1. The topological polar surface area (TPSA) is 87.5 Å². The van der Waals surface area contributed by atoms with E-state index in [1.165, 1.54) is 0 Å². The summed E-state index contributed by atoms with van der Waals surface area (Å²) in [6.07, 6.45) is 1.97.